The van der Waals surface area contributed by atoms with Gasteiger partial charge in [-0.05, 0) is 55.7 Å². The van der Waals surface area contributed by atoms with Gasteiger partial charge in [0.2, 0.25) is 0 Å². The summed E-state index contributed by atoms with van der Waals surface area (Å²) in [6.45, 7) is 4.18. The summed E-state index contributed by atoms with van der Waals surface area (Å²) in [6, 6.07) is 14.3. The summed E-state index contributed by atoms with van der Waals surface area (Å²) in [7, 11) is 0. The molecule has 4 rings (SSSR count). The van der Waals surface area contributed by atoms with Crippen molar-refractivity contribution in [2.75, 3.05) is 19.8 Å². The van der Waals surface area contributed by atoms with Crippen molar-refractivity contribution in [3.8, 4) is 11.5 Å². The van der Waals surface area contributed by atoms with Crippen molar-refractivity contribution in [1.29, 1.82) is 0 Å². The molecule has 2 fully saturated rings. The summed E-state index contributed by atoms with van der Waals surface area (Å²) < 4.78 is 28.8. The van der Waals surface area contributed by atoms with Crippen LogP contribution in [-0.2, 0) is 14.2 Å². The molecule has 2 aromatic rings. The SMILES string of the molecule is CCCCCCOc1ccc(C(=O)Oc2ccc([C@@H]3OC[C@H]4OCCC[C@@H]4O3)cc2)cc1. The number of esters is 1. The van der Waals surface area contributed by atoms with E-state index >= 15 is 0 Å². The predicted molar refractivity (Wildman–Crippen MR) is 120 cm³/mol. The molecule has 2 aliphatic rings. The Balaban J connectivity index is 1.26. The number of carbonyl (C=O) groups is 1. The van der Waals surface area contributed by atoms with Gasteiger partial charge in [-0.15, -0.1) is 0 Å². The Labute approximate surface area is 189 Å². The van der Waals surface area contributed by atoms with E-state index < -0.39 is 12.3 Å². The first-order valence-electron chi connectivity index (χ1n) is 11.7. The minimum Gasteiger partial charge on any atom is -0.494 e. The van der Waals surface area contributed by atoms with Gasteiger partial charge in [0.25, 0.3) is 0 Å². The molecule has 2 aliphatic heterocycles. The normalized spacial score (nSPS) is 22.7. The van der Waals surface area contributed by atoms with Crippen LogP contribution in [-0.4, -0.2) is 38.0 Å². The Kier molecular flexibility index (Phi) is 8.15. The van der Waals surface area contributed by atoms with E-state index in [1.165, 1.54) is 19.3 Å². The highest BCUT2D eigenvalue weighted by Crippen LogP contribution is 2.32. The first-order chi connectivity index (χ1) is 15.7. The van der Waals surface area contributed by atoms with Gasteiger partial charge in [-0.3, -0.25) is 0 Å². The van der Waals surface area contributed by atoms with Crippen LogP contribution in [0.2, 0.25) is 0 Å². The van der Waals surface area contributed by atoms with E-state index in [1.807, 2.05) is 12.1 Å². The molecule has 0 amide bonds. The van der Waals surface area contributed by atoms with Crippen LogP contribution in [0.5, 0.6) is 11.5 Å². The number of hydrogen-bond donors (Lipinski definition) is 0. The molecule has 0 unspecified atom stereocenters. The summed E-state index contributed by atoms with van der Waals surface area (Å²) in [4.78, 5) is 12.5. The van der Waals surface area contributed by atoms with E-state index in [2.05, 4.69) is 6.92 Å². The molecule has 0 N–H and O–H groups in total. The third-order valence-electron chi connectivity index (χ3n) is 5.81. The van der Waals surface area contributed by atoms with Crippen molar-refractivity contribution in [2.45, 2.75) is 63.9 Å². The number of benzene rings is 2. The van der Waals surface area contributed by atoms with Crippen LogP contribution in [0.25, 0.3) is 0 Å². The lowest BCUT2D eigenvalue weighted by molar-refractivity contribution is -0.277. The quantitative estimate of drug-likeness (QED) is 0.293. The zero-order valence-electron chi connectivity index (χ0n) is 18.7. The van der Waals surface area contributed by atoms with Crippen LogP contribution in [0.15, 0.2) is 48.5 Å². The molecule has 172 valence electrons. The molecule has 0 aromatic heterocycles. The second-order valence-corrected chi connectivity index (χ2v) is 8.28. The van der Waals surface area contributed by atoms with E-state index in [4.69, 9.17) is 23.7 Å². The van der Waals surface area contributed by atoms with Gasteiger partial charge in [0.1, 0.15) is 17.6 Å². The molecule has 0 saturated carbocycles. The van der Waals surface area contributed by atoms with Crippen LogP contribution in [0, 0.1) is 0 Å². The molecule has 6 heteroatoms. The first-order valence-corrected chi connectivity index (χ1v) is 11.7. The highest BCUT2D eigenvalue weighted by molar-refractivity contribution is 5.91. The zero-order valence-corrected chi connectivity index (χ0v) is 18.7. The van der Waals surface area contributed by atoms with E-state index in [0.717, 1.165) is 37.2 Å². The number of hydrogen-bond acceptors (Lipinski definition) is 6. The third-order valence-corrected chi connectivity index (χ3v) is 5.81. The van der Waals surface area contributed by atoms with Crippen molar-refractivity contribution >= 4 is 5.97 Å². The second-order valence-electron chi connectivity index (χ2n) is 8.28. The van der Waals surface area contributed by atoms with Crippen molar-refractivity contribution < 1.29 is 28.5 Å². The summed E-state index contributed by atoms with van der Waals surface area (Å²) in [6.07, 6.45) is 6.33. The fourth-order valence-electron chi connectivity index (χ4n) is 3.94. The molecular weight excluding hydrogens is 408 g/mol. The molecule has 0 bridgehead atoms. The zero-order chi connectivity index (χ0) is 22.2. The lowest BCUT2D eigenvalue weighted by Gasteiger charge is -2.39. The van der Waals surface area contributed by atoms with E-state index in [1.54, 1.807) is 36.4 Å². The summed E-state index contributed by atoms with van der Waals surface area (Å²) in [5, 5.41) is 0. The molecular formula is C26H32O6. The molecule has 2 aromatic carbocycles. The lowest BCUT2D eigenvalue weighted by atomic mass is 10.0. The second kappa shape index (κ2) is 11.5. The maximum Gasteiger partial charge on any atom is 0.343 e. The lowest BCUT2D eigenvalue weighted by Crippen LogP contribution is -2.44. The molecule has 2 heterocycles. The van der Waals surface area contributed by atoms with Crippen LogP contribution in [0.1, 0.15) is 67.7 Å². The van der Waals surface area contributed by atoms with Crippen molar-refractivity contribution in [2.24, 2.45) is 0 Å². The van der Waals surface area contributed by atoms with Crippen molar-refractivity contribution in [1.82, 2.24) is 0 Å². The Morgan fingerprint density at radius 1 is 0.938 bits per heavy atom. The third kappa shape index (κ3) is 6.09. The number of ether oxygens (including phenoxy) is 5. The van der Waals surface area contributed by atoms with Gasteiger partial charge in [-0.1, -0.05) is 38.3 Å². The highest BCUT2D eigenvalue weighted by Gasteiger charge is 2.35. The van der Waals surface area contributed by atoms with E-state index in [9.17, 15) is 4.79 Å². The average Bonchev–Trinajstić information content (AvgIpc) is 2.84. The van der Waals surface area contributed by atoms with Gasteiger partial charge in [0, 0.05) is 12.2 Å². The molecule has 2 saturated heterocycles. The smallest absolute Gasteiger partial charge is 0.343 e. The van der Waals surface area contributed by atoms with E-state index in [-0.39, 0.29) is 12.2 Å². The fraction of sp³-hybridized carbons (Fsp3) is 0.500. The van der Waals surface area contributed by atoms with Crippen molar-refractivity contribution in [3.05, 3.63) is 59.7 Å². The first kappa shape index (κ1) is 22.8. The van der Waals surface area contributed by atoms with Gasteiger partial charge in [0.15, 0.2) is 6.29 Å². The van der Waals surface area contributed by atoms with Crippen LogP contribution in [0.4, 0.5) is 0 Å². The molecule has 0 spiro atoms. The predicted octanol–water partition coefficient (Wildman–Crippen LogP) is 5.46. The maximum absolute atomic E-state index is 12.5. The minimum absolute atomic E-state index is 0.0260. The van der Waals surface area contributed by atoms with Gasteiger partial charge in [-0.2, -0.15) is 0 Å². The number of fused-ring (bicyclic) bond motifs is 1. The monoisotopic (exact) mass is 440 g/mol. The minimum atomic E-state index is -0.419. The Bertz CT molecular complexity index is 848. The Morgan fingerprint density at radius 3 is 2.50 bits per heavy atom. The molecule has 0 aliphatic carbocycles. The fourth-order valence-corrected chi connectivity index (χ4v) is 3.94. The molecule has 6 nitrogen and oxygen atoms in total. The van der Waals surface area contributed by atoms with Gasteiger partial charge in [0.05, 0.1) is 24.9 Å². The Hall–Kier alpha value is -2.41. The summed E-state index contributed by atoms with van der Waals surface area (Å²) in [5.41, 5.74) is 1.38. The largest absolute Gasteiger partial charge is 0.494 e. The Morgan fingerprint density at radius 2 is 1.72 bits per heavy atom. The molecule has 32 heavy (non-hydrogen) atoms. The van der Waals surface area contributed by atoms with Gasteiger partial charge >= 0.3 is 5.97 Å². The maximum atomic E-state index is 12.5. The number of rotatable bonds is 9. The summed E-state index contributed by atoms with van der Waals surface area (Å²) in [5.74, 6) is 0.838. The molecule has 0 radical (unpaired) electrons. The number of unbranched alkanes of at least 4 members (excludes halogenated alkanes) is 3. The average molecular weight is 441 g/mol. The highest BCUT2D eigenvalue weighted by atomic mass is 16.7. The molecule has 3 atom stereocenters. The summed E-state index contributed by atoms with van der Waals surface area (Å²) >= 11 is 0. The van der Waals surface area contributed by atoms with E-state index in [0.29, 0.717) is 24.5 Å². The standard InChI is InChI=1S/C26H32O6/c1-2-3-4-5-16-28-21-12-8-19(9-13-21)25(27)31-22-14-10-20(11-15-22)26-30-18-24-23(32-26)7-6-17-29-24/h8-15,23-24,26H,2-7,16-18H2,1H3/t23-,24+,26+/m0/s1. The van der Waals surface area contributed by atoms with Crippen LogP contribution < -0.4 is 9.47 Å². The number of carbonyl (C=O) groups excluding carboxylic acids is 1. The van der Waals surface area contributed by atoms with Gasteiger partial charge in [-0.25, -0.2) is 4.79 Å². The van der Waals surface area contributed by atoms with Crippen molar-refractivity contribution in [3.63, 3.8) is 0 Å². The van der Waals surface area contributed by atoms with Crippen LogP contribution >= 0.6 is 0 Å². The van der Waals surface area contributed by atoms with Crippen LogP contribution in [0.3, 0.4) is 0 Å². The van der Waals surface area contributed by atoms with Gasteiger partial charge < -0.3 is 23.7 Å². The topological polar surface area (TPSA) is 63.2 Å².